The van der Waals surface area contributed by atoms with Gasteiger partial charge in [-0.05, 0) is 20.8 Å². The Hall–Kier alpha value is -0.430. The van der Waals surface area contributed by atoms with Crippen LogP contribution in [-0.4, -0.2) is 95.6 Å². The third kappa shape index (κ3) is 14.4. The van der Waals surface area contributed by atoms with Crippen LogP contribution >= 0.6 is 43.2 Å². The zero-order valence-corrected chi connectivity index (χ0v) is 22.0. The summed E-state index contributed by atoms with van der Waals surface area (Å²) in [5.74, 6) is 4.33. The second-order valence-electron chi connectivity index (χ2n) is 7.77. The van der Waals surface area contributed by atoms with E-state index in [0.717, 1.165) is 49.2 Å². The standard InChI is InChI=1S/C12H22N2O3S2.C7H14N2OS2/c1-12(2,3)17-11(16)13-5-4-10(15)14-6-8-18-19-9-7-14;8-2-1-7(10)9-3-5-11-12-6-4-9/h4-9H2,1-3H3,(H,13,16);1-6,8H2. The summed E-state index contributed by atoms with van der Waals surface area (Å²) < 4.78 is 5.10. The Balaban J connectivity index is 0.000000343. The largest absolute Gasteiger partial charge is 0.444 e. The van der Waals surface area contributed by atoms with Crippen LogP contribution in [0.4, 0.5) is 4.79 Å². The van der Waals surface area contributed by atoms with Gasteiger partial charge in [-0.1, -0.05) is 43.2 Å². The summed E-state index contributed by atoms with van der Waals surface area (Å²) in [6.07, 6.45) is 0.353. The predicted molar refractivity (Wildman–Crippen MR) is 136 cm³/mol. The molecule has 0 aliphatic carbocycles. The number of nitrogens with zero attached hydrogens (tertiary/aromatic N) is 2. The van der Waals surface area contributed by atoms with Gasteiger partial charge < -0.3 is 25.6 Å². The Morgan fingerprint density at radius 3 is 1.65 bits per heavy atom. The van der Waals surface area contributed by atoms with Gasteiger partial charge in [0, 0.05) is 75.1 Å². The molecule has 2 rings (SSSR count). The summed E-state index contributed by atoms with van der Waals surface area (Å²) in [5, 5.41) is 2.61. The quantitative estimate of drug-likeness (QED) is 0.538. The second kappa shape index (κ2) is 16.2. The summed E-state index contributed by atoms with van der Waals surface area (Å²) in [4.78, 5) is 38.5. The van der Waals surface area contributed by atoms with Crippen molar-refractivity contribution in [2.75, 3.05) is 62.3 Å². The number of carbonyl (C=O) groups is 3. The molecule has 0 aromatic rings. The van der Waals surface area contributed by atoms with Crippen LogP contribution in [0.3, 0.4) is 0 Å². The van der Waals surface area contributed by atoms with Crippen LogP contribution in [0.1, 0.15) is 33.6 Å². The molecule has 3 amide bonds. The zero-order chi connectivity index (χ0) is 23.1. The smallest absolute Gasteiger partial charge is 0.407 e. The summed E-state index contributed by atoms with van der Waals surface area (Å²) >= 11 is 0. The van der Waals surface area contributed by atoms with Gasteiger partial charge in [0.25, 0.3) is 0 Å². The molecular formula is C19H36N4O4S4. The lowest BCUT2D eigenvalue weighted by atomic mass is 10.2. The first kappa shape index (κ1) is 28.6. The van der Waals surface area contributed by atoms with E-state index in [4.69, 9.17) is 10.5 Å². The maximum Gasteiger partial charge on any atom is 0.407 e. The van der Waals surface area contributed by atoms with Crippen molar-refractivity contribution in [2.45, 2.75) is 39.2 Å². The summed E-state index contributed by atoms with van der Waals surface area (Å²) in [6.45, 7) is 9.58. The van der Waals surface area contributed by atoms with Gasteiger partial charge in [-0.2, -0.15) is 0 Å². The minimum Gasteiger partial charge on any atom is -0.444 e. The molecule has 0 aromatic heterocycles. The number of nitrogens with one attached hydrogen (secondary N) is 1. The van der Waals surface area contributed by atoms with Gasteiger partial charge in [0.1, 0.15) is 5.60 Å². The molecule has 2 heterocycles. The van der Waals surface area contributed by atoms with Crippen molar-refractivity contribution in [1.29, 1.82) is 0 Å². The van der Waals surface area contributed by atoms with Crippen LogP contribution in [0.15, 0.2) is 0 Å². The average molecular weight is 513 g/mol. The maximum absolute atomic E-state index is 11.9. The molecule has 31 heavy (non-hydrogen) atoms. The minimum atomic E-state index is -0.507. The van der Waals surface area contributed by atoms with Crippen LogP contribution in [-0.2, 0) is 14.3 Å². The lowest BCUT2D eigenvalue weighted by molar-refractivity contribution is -0.131. The van der Waals surface area contributed by atoms with Crippen LogP contribution in [0.5, 0.6) is 0 Å². The van der Waals surface area contributed by atoms with Gasteiger partial charge >= 0.3 is 6.09 Å². The lowest BCUT2D eigenvalue weighted by Crippen LogP contribution is -2.38. The van der Waals surface area contributed by atoms with Crippen LogP contribution in [0.25, 0.3) is 0 Å². The Bertz CT molecular complexity index is 548. The topological polar surface area (TPSA) is 105 Å². The first-order valence-corrected chi connectivity index (χ1v) is 15.4. The molecule has 8 nitrogen and oxygen atoms in total. The second-order valence-corrected chi connectivity index (χ2v) is 13.2. The normalized spacial score (nSPS) is 17.5. The lowest BCUT2D eigenvalue weighted by Gasteiger charge is -2.21. The molecule has 0 radical (unpaired) electrons. The first-order valence-electron chi connectivity index (χ1n) is 10.4. The van der Waals surface area contributed by atoms with E-state index in [1.807, 2.05) is 52.2 Å². The van der Waals surface area contributed by atoms with Crippen molar-refractivity contribution in [3.05, 3.63) is 0 Å². The molecule has 12 heteroatoms. The predicted octanol–water partition coefficient (Wildman–Crippen LogP) is 2.68. The number of hydrogen-bond donors (Lipinski definition) is 2. The van der Waals surface area contributed by atoms with Crippen LogP contribution in [0, 0.1) is 0 Å². The number of hydrogen-bond acceptors (Lipinski definition) is 9. The van der Waals surface area contributed by atoms with Crippen molar-refractivity contribution < 1.29 is 19.1 Å². The molecule has 2 fully saturated rings. The summed E-state index contributed by atoms with van der Waals surface area (Å²) in [5.41, 5.74) is 4.81. The molecule has 3 N–H and O–H groups in total. The fraction of sp³-hybridized carbons (Fsp3) is 0.842. The molecule has 2 aliphatic heterocycles. The van der Waals surface area contributed by atoms with Crippen molar-refractivity contribution in [1.82, 2.24) is 15.1 Å². The van der Waals surface area contributed by atoms with Gasteiger partial charge in [0.15, 0.2) is 0 Å². The molecular weight excluding hydrogens is 477 g/mol. The van der Waals surface area contributed by atoms with E-state index in [9.17, 15) is 14.4 Å². The number of rotatable bonds is 5. The van der Waals surface area contributed by atoms with E-state index >= 15 is 0 Å². The van der Waals surface area contributed by atoms with E-state index in [2.05, 4.69) is 5.32 Å². The number of ether oxygens (including phenoxy) is 1. The van der Waals surface area contributed by atoms with Gasteiger partial charge in [0.2, 0.25) is 11.8 Å². The third-order valence-corrected chi connectivity index (χ3v) is 8.75. The molecule has 2 aliphatic rings. The van der Waals surface area contributed by atoms with Gasteiger partial charge in [-0.3, -0.25) is 9.59 Å². The van der Waals surface area contributed by atoms with Crippen LogP contribution in [0.2, 0.25) is 0 Å². The van der Waals surface area contributed by atoms with Gasteiger partial charge in [-0.25, -0.2) is 4.79 Å². The van der Waals surface area contributed by atoms with Gasteiger partial charge in [0.05, 0.1) is 0 Å². The molecule has 0 spiro atoms. The van der Waals surface area contributed by atoms with E-state index in [0.29, 0.717) is 25.9 Å². The highest BCUT2D eigenvalue weighted by Gasteiger charge is 2.18. The first-order chi connectivity index (χ1) is 14.7. The molecule has 0 aromatic carbocycles. The monoisotopic (exact) mass is 512 g/mol. The molecule has 0 unspecified atom stereocenters. The van der Waals surface area contributed by atoms with Crippen molar-refractivity contribution in [3.63, 3.8) is 0 Å². The molecule has 0 saturated carbocycles. The summed E-state index contributed by atoms with van der Waals surface area (Å²) in [6, 6.07) is 0. The zero-order valence-electron chi connectivity index (χ0n) is 18.7. The van der Waals surface area contributed by atoms with E-state index in [1.54, 1.807) is 21.6 Å². The van der Waals surface area contributed by atoms with E-state index < -0.39 is 11.7 Å². The van der Waals surface area contributed by atoms with E-state index in [1.165, 1.54) is 0 Å². The van der Waals surface area contributed by atoms with Crippen molar-refractivity contribution >= 4 is 61.1 Å². The molecule has 0 atom stereocenters. The minimum absolute atomic E-state index is 0.0964. The number of amides is 3. The van der Waals surface area contributed by atoms with Crippen LogP contribution < -0.4 is 11.1 Å². The van der Waals surface area contributed by atoms with Crippen molar-refractivity contribution in [3.8, 4) is 0 Å². The average Bonchev–Trinajstić information content (AvgIpc) is 3.13. The number of alkyl carbamates (subject to hydrolysis) is 1. The summed E-state index contributed by atoms with van der Waals surface area (Å²) in [7, 11) is 7.30. The van der Waals surface area contributed by atoms with E-state index in [-0.39, 0.29) is 11.8 Å². The highest BCUT2D eigenvalue weighted by molar-refractivity contribution is 8.77. The fourth-order valence-electron chi connectivity index (χ4n) is 2.57. The maximum atomic E-state index is 11.9. The van der Waals surface area contributed by atoms with Crippen molar-refractivity contribution in [2.24, 2.45) is 5.73 Å². The Morgan fingerprint density at radius 2 is 1.26 bits per heavy atom. The van der Waals surface area contributed by atoms with Gasteiger partial charge in [-0.15, -0.1) is 0 Å². The molecule has 2 saturated heterocycles. The number of nitrogens with two attached hydrogens (primary N) is 1. The third-order valence-electron chi connectivity index (χ3n) is 4.02. The SMILES string of the molecule is CC(C)(C)OC(=O)NCCC(=O)N1CCSSCC1.NCCC(=O)N1CCSSCC1. The molecule has 0 bridgehead atoms. The Kier molecular flexibility index (Phi) is 15.0. The Morgan fingerprint density at radius 1 is 0.839 bits per heavy atom. The number of carbonyl (C=O) groups excluding carboxylic acids is 3. The Labute approximate surface area is 202 Å². The molecule has 180 valence electrons. The highest BCUT2D eigenvalue weighted by Crippen LogP contribution is 2.24. The fourth-order valence-corrected chi connectivity index (χ4v) is 6.53. The highest BCUT2D eigenvalue weighted by atomic mass is 33.1.